The zero-order chi connectivity index (χ0) is 25.2. The minimum Gasteiger partial charge on any atom is -0.369 e. The monoisotopic (exact) mass is 469 g/mol. The van der Waals surface area contributed by atoms with Crippen LogP contribution < -0.4 is 10.6 Å². The van der Waals surface area contributed by atoms with Gasteiger partial charge in [0.05, 0.1) is 11.5 Å². The highest BCUT2D eigenvalue weighted by molar-refractivity contribution is 5.23. The molecule has 34 heavy (non-hydrogen) atoms. The van der Waals surface area contributed by atoms with Crippen LogP contribution in [0.2, 0.25) is 0 Å². The van der Waals surface area contributed by atoms with Crippen LogP contribution in [0.4, 0.5) is 4.39 Å². The van der Waals surface area contributed by atoms with Crippen LogP contribution in [0, 0.1) is 0 Å². The molecule has 6 heteroatoms. The van der Waals surface area contributed by atoms with Crippen molar-refractivity contribution in [3.63, 3.8) is 0 Å². The van der Waals surface area contributed by atoms with E-state index >= 15 is 0 Å². The normalized spacial score (nSPS) is 15.4. The summed E-state index contributed by atoms with van der Waals surface area (Å²) in [5, 5.41) is 6.85. The highest BCUT2D eigenvalue weighted by Gasteiger charge is 2.12. The van der Waals surface area contributed by atoms with E-state index < -0.39 is 0 Å². The third-order valence-electron chi connectivity index (χ3n) is 5.57. The van der Waals surface area contributed by atoms with Crippen LogP contribution in [-0.2, 0) is 6.54 Å². The van der Waals surface area contributed by atoms with E-state index in [0.717, 1.165) is 43.9 Å². The zero-order valence-corrected chi connectivity index (χ0v) is 21.9. The molecule has 188 valence electrons. The van der Waals surface area contributed by atoms with Gasteiger partial charge in [0.2, 0.25) is 0 Å². The second-order valence-electron chi connectivity index (χ2n) is 8.26. The Morgan fingerprint density at radius 2 is 2.00 bits per heavy atom. The van der Waals surface area contributed by atoms with E-state index in [1.807, 2.05) is 31.2 Å². The van der Waals surface area contributed by atoms with Crippen molar-refractivity contribution in [2.75, 3.05) is 40.3 Å². The standard InChI is InChI=1S/C19H28FN3.C9H16N2/c1-5-9-17(20)12-11-16(3)19(15-23(4)6-2)22-14-18-10-7-8-13-21-18;1-3-11(2)9-7-5-4-6-8-10-9/h5,7-13,19,22H,6,14-15H2,1-4H3;4,6-7,10H,3,5,8H2,1-2H3/b9-5-,16-11+,17-12+;. The van der Waals surface area contributed by atoms with Gasteiger partial charge in [-0.1, -0.05) is 42.9 Å². The molecule has 2 rings (SSSR count). The quantitative estimate of drug-likeness (QED) is 0.345. The number of rotatable bonds is 11. The van der Waals surface area contributed by atoms with Gasteiger partial charge < -0.3 is 20.4 Å². The fourth-order valence-electron chi connectivity index (χ4n) is 3.14. The van der Waals surface area contributed by atoms with Crippen LogP contribution >= 0.6 is 0 Å². The average Bonchev–Trinajstić information content (AvgIpc) is 3.15. The molecule has 1 atom stereocenters. The maximum Gasteiger partial charge on any atom is 0.122 e. The van der Waals surface area contributed by atoms with Crippen molar-refractivity contribution in [2.24, 2.45) is 0 Å². The van der Waals surface area contributed by atoms with Crippen molar-refractivity contribution in [2.45, 2.75) is 46.7 Å². The lowest BCUT2D eigenvalue weighted by Crippen LogP contribution is -2.40. The second kappa shape index (κ2) is 17.7. The fourth-order valence-corrected chi connectivity index (χ4v) is 3.14. The van der Waals surface area contributed by atoms with E-state index in [9.17, 15) is 4.39 Å². The van der Waals surface area contributed by atoms with Gasteiger partial charge in [0.25, 0.3) is 0 Å². The van der Waals surface area contributed by atoms with Gasteiger partial charge in [-0.05, 0) is 71.1 Å². The summed E-state index contributed by atoms with van der Waals surface area (Å²) < 4.78 is 13.5. The molecule has 0 fully saturated rings. The predicted octanol–water partition coefficient (Wildman–Crippen LogP) is 5.20. The van der Waals surface area contributed by atoms with E-state index in [1.165, 1.54) is 18.0 Å². The van der Waals surface area contributed by atoms with Crippen molar-refractivity contribution in [1.82, 2.24) is 25.4 Å². The number of halogens is 1. The van der Waals surface area contributed by atoms with E-state index in [0.29, 0.717) is 6.54 Å². The Bertz CT molecular complexity index is 826. The van der Waals surface area contributed by atoms with Gasteiger partial charge in [0, 0.05) is 45.5 Å². The van der Waals surface area contributed by atoms with E-state index in [2.05, 4.69) is 71.6 Å². The van der Waals surface area contributed by atoms with Crippen molar-refractivity contribution in [3.05, 3.63) is 89.8 Å². The van der Waals surface area contributed by atoms with Gasteiger partial charge in [0.15, 0.2) is 0 Å². The SMILES string of the molecule is CCN(C)C1=CCC=CCN1.C\C=C/C(F)=C\C=C(/C)C(CN(C)CC)NCc1ccccn1. The molecule has 2 N–H and O–H groups in total. The first-order chi connectivity index (χ1) is 16.4. The first kappa shape index (κ1) is 29.3. The summed E-state index contributed by atoms with van der Waals surface area (Å²) in [5.74, 6) is 1.01. The van der Waals surface area contributed by atoms with Crippen LogP contribution in [0.5, 0.6) is 0 Å². The van der Waals surface area contributed by atoms with Gasteiger partial charge in [0.1, 0.15) is 5.83 Å². The van der Waals surface area contributed by atoms with E-state index in [4.69, 9.17) is 0 Å². The molecule has 1 unspecified atom stereocenters. The molecule has 2 heterocycles. The summed E-state index contributed by atoms with van der Waals surface area (Å²) in [6.45, 7) is 12.6. The van der Waals surface area contributed by atoms with Gasteiger partial charge in [-0.3, -0.25) is 4.98 Å². The number of likely N-dealkylation sites (N-methyl/N-ethyl adjacent to an activating group) is 1. The van der Waals surface area contributed by atoms with Gasteiger partial charge >= 0.3 is 0 Å². The van der Waals surface area contributed by atoms with E-state index in [1.54, 1.807) is 19.2 Å². The first-order valence-corrected chi connectivity index (χ1v) is 12.2. The van der Waals surface area contributed by atoms with Crippen molar-refractivity contribution in [1.29, 1.82) is 0 Å². The van der Waals surface area contributed by atoms with Crippen molar-refractivity contribution in [3.8, 4) is 0 Å². The van der Waals surface area contributed by atoms with Crippen LogP contribution in [-0.4, -0.2) is 61.1 Å². The summed E-state index contributed by atoms with van der Waals surface area (Å²) in [6.07, 6.45) is 15.9. The minimum absolute atomic E-state index is 0.150. The Balaban J connectivity index is 0.000000437. The number of aromatic nitrogens is 1. The Labute approximate surface area is 206 Å². The average molecular weight is 470 g/mol. The van der Waals surface area contributed by atoms with Crippen LogP contribution in [0.3, 0.4) is 0 Å². The number of hydrogen-bond acceptors (Lipinski definition) is 5. The Kier molecular flexibility index (Phi) is 15.3. The largest absolute Gasteiger partial charge is 0.369 e. The Hall–Kier alpha value is -2.70. The Morgan fingerprint density at radius 1 is 1.21 bits per heavy atom. The molecule has 0 amide bonds. The molecule has 1 aliphatic rings. The molecular weight excluding hydrogens is 425 g/mol. The number of pyridine rings is 1. The van der Waals surface area contributed by atoms with Gasteiger partial charge in [-0.25, -0.2) is 4.39 Å². The highest BCUT2D eigenvalue weighted by atomic mass is 19.1. The lowest BCUT2D eigenvalue weighted by molar-refractivity contribution is 0.316. The smallest absolute Gasteiger partial charge is 0.122 e. The third-order valence-corrected chi connectivity index (χ3v) is 5.57. The topological polar surface area (TPSA) is 43.4 Å². The van der Waals surface area contributed by atoms with Crippen LogP contribution in [0.1, 0.15) is 39.8 Å². The number of allylic oxidation sites excluding steroid dienone is 7. The molecule has 1 aliphatic heterocycles. The van der Waals surface area contributed by atoms with Gasteiger partial charge in [-0.2, -0.15) is 0 Å². The lowest BCUT2D eigenvalue weighted by atomic mass is 10.1. The molecule has 0 saturated heterocycles. The number of nitrogens with zero attached hydrogens (tertiary/aromatic N) is 3. The van der Waals surface area contributed by atoms with Crippen molar-refractivity contribution < 1.29 is 4.39 Å². The predicted molar refractivity (Wildman–Crippen MR) is 144 cm³/mol. The minimum atomic E-state index is -0.237. The number of nitrogens with one attached hydrogen (secondary N) is 2. The summed E-state index contributed by atoms with van der Waals surface area (Å²) >= 11 is 0. The Morgan fingerprint density at radius 3 is 2.65 bits per heavy atom. The maximum atomic E-state index is 13.5. The summed E-state index contributed by atoms with van der Waals surface area (Å²) in [5.41, 5.74) is 2.10. The fraction of sp³-hybridized carbons (Fsp3) is 0.464. The molecule has 0 radical (unpaired) electrons. The summed E-state index contributed by atoms with van der Waals surface area (Å²) in [7, 11) is 4.18. The molecule has 0 aliphatic carbocycles. The lowest BCUT2D eigenvalue weighted by Gasteiger charge is -2.25. The molecule has 0 spiro atoms. The van der Waals surface area contributed by atoms with Crippen molar-refractivity contribution >= 4 is 0 Å². The summed E-state index contributed by atoms with van der Waals surface area (Å²) in [4.78, 5) is 8.78. The molecule has 0 bridgehead atoms. The first-order valence-electron chi connectivity index (χ1n) is 12.2. The van der Waals surface area contributed by atoms with E-state index in [-0.39, 0.29) is 11.9 Å². The molecular formula is C28H44FN5. The molecule has 1 aromatic rings. The molecule has 5 nitrogen and oxygen atoms in total. The van der Waals surface area contributed by atoms with Gasteiger partial charge in [-0.15, -0.1) is 0 Å². The summed E-state index contributed by atoms with van der Waals surface area (Å²) in [6, 6.07) is 6.04. The van der Waals surface area contributed by atoms with Crippen LogP contribution in [0.25, 0.3) is 0 Å². The van der Waals surface area contributed by atoms with Crippen LogP contribution in [0.15, 0.2) is 84.1 Å². The molecule has 0 aromatic carbocycles. The highest BCUT2D eigenvalue weighted by Crippen LogP contribution is 2.08. The number of hydrogen-bond donors (Lipinski definition) is 2. The molecule has 0 saturated carbocycles. The second-order valence-corrected chi connectivity index (χ2v) is 8.26. The third kappa shape index (κ3) is 12.5. The zero-order valence-electron chi connectivity index (χ0n) is 21.9. The molecule has 1 aromatic heterocycles. The maximum absolute atomic E-state index is 13.5.